The van der Waals surface area contributed by atoms with E-state index in [1.165, 1.54) is 0 Å². The first-order valence-corrected chi connectivity index (χ1v) is 9.69. The van der Waals surface area contributed by atoms with E-state index in [9.17, 15) is 4.79 Å². The predicted molar refractivity (Wildman–Crippen MR) is 103 cm³/mol. The molecule has 1 N–H and O–H groups in total. The molecule has 4 rings (SSSR count). The molecule has 146 valence electrons. The average molecular weight is 380 g/mol. The van der Waals surface area contributed by atoms with E-state index in [1.54, 1.807) is 6.20 Å². The van der Waals surface area contributed by atoms with Crippen molar-refractivity contribution in [3.8, 4) is 11.5 Å². The molecule has 0 unspecified atom stereocenters. The summed E-state index contributed by atoms with van der Waals surface area (Å²) in [5, 5.41) is 15.3. The van der Waals surface area contributed by atoms with Crippen molar-refractivity contribution in [2.24, 2.45) is 0 Å². The average Bonchev–Trinajstić information content (AvgIpc) is 3.43. The molecule has 3 aromatic rings. The molecule has 0 aliphatic carbocycles. The predicted octanol–water partition coefficient (Wildman–Crippen LogP) is 3.09. The van der Waals surface area contributed by atoms with Crippen LogP contribution in [-0.4, -0.2) is 43.5 Å². The number of benzene rings is 1. The molecule has 0 saturated carbocycles. The van der Waals surface area contributed by atoms with E-state index in [0.717, 1.165) is 44.3 Å². The fourth-order valence-corrected chi connectivity index (χ4v) is 3.56. The molecular formula is C20H24N6O2. The topological polar surface area (TPSA) is 89.1 Å². The van der Waals surface area contributed by atoms with Crippen LogP contribution in [0.1, 0.15) is 31.6 Å². The third-order valence-corrected chi connectivity index (χ3v) is 5.02. The second kappa shape index (κ2) is 8.69. The Labute approximate surface area is 163 Å². The van der Waals surface area contributed by atoms with Crippen LogP contribution in [0.5, 0.6) is 0 Å². The summed E-state index contributed by atoms with van der Waals surface area (Å²) in [6.07, 6.45) is 7.83. The van der Waals surface area contributed by atoms with Crippen molar-refractivity contribution >= 4 is 6.03 Å². The second-order valence-electron chi connectivity index (χ2n) is 6.93. The fraction of sp³-hybridized carbons (Fsp3) is 0.400. The van der Waals surface area contributed by atoms with Gasteiger partial charge in [0.1, 0.15) is 0 Å². The highest BCUT2D eigenvalue weighted by Gasteiger charge is 2.26. The van der Waals surface area contributed by atoms with Gasteiger partial charge in [-0.25, -0.2) is 4.79 Å². The smallest absolute Gasteiger partial charge is 0.318 e. The first-order valence-electron chi connectivity index (χ1n) is 9.69. The minimum Gasteiger partial charge on any atom is -0.419 e. The monoisotopic (exact) mass is 380 g/mol. The van der Waals surface area contributed by atoms with Gasteiger partial charge in [0.25, 0.3) is 0 Å². The third kappa shape index (κ3) is 4.39. The van der Waals surface area contributed by atoms with Gasteiger partial charge >= 0.3 is 6.03 Å². The first-order chi connectivity index (χ1) is 13.8. The van der Waals surface area contributed by atoms with Gasteiger partial charge in [-0.1, -0.05) is 18.2 Å². The van der Waals surface area contributed by atoms with Gasteiger partial charge in [-0.2, -0.15) is 5.10 Å². The highest BCUT2D eigenvalue weighted by molar-refractivity contribution is 5.74. The summed E-state index contributed by atoms with van der Waals surface area (Å²) in [7, 11) is 0. The Kier molecular flexibility index (Phi) is 5.65. The maximum absolute atomic E-state index is 12.7. The van der Waals surface area contributed by atoms with Crippen LogP contribution in [0.25, 0.3) is 11.5 Å². The Balaban J connectivity index is 1.32. The fourth-order valence-electron chi connectivity index (χ4n) is 3.56. The molecule has 0 bridgehead atoms. The second-order valence-corrected chi connectivity index (χ2v) is 6.93. The van der Waals surface area contributed by atoms with E-state index < -0.39 is 0 Å². The number of hydrogen-bond acceptors (Lipinski definition) is 5. The lowest BCUT2D eigenvalue weighted by molar-refractivity contribution is 0.142. The van der Waals surface area contributed by atoms with E-state index in [4.69, 9.17) is 4.42 Å². The number of aryl methyl sites for hydroxylation is 1. The molecule has 28 heavy (non-hydrogen) atoms. The molecule has 0 spiro atoms. The molecular weight excluding hydrogens is 356 g/mol. The summed E-state index contributed by atoms with van der Waals surface area (Å²) < 4.78 is 7.57. The number of rotatable bonds is 6. The third-order valence-electron chi connectivity index (χ3n) is 5.02. The van der Waals surface area contributed by atoms with Crippen molar-refractivity contribution in [3.05, 3.63) is 54.7 Å². The van der Waals surface area contributed by atoms with Crippen molar-refractivity contribution in [1.29, 1.82) is 0 Å². The van der Waals surface area contributed by atoms with E-state index in [1.807, 2.05) is 52.2 Å². The minimum absolute atomic E-state index is 0.0790. The number of nitrogens with one attached hydrogen (secondary N) is 1. The van der Waals surface area contributed by atoms with Crippen molar-refractivity contribution in [3.63, 3.8) is 0 Å². The number of carbonyl (C=O) groups is 1. The molecule has 3 heterocycles. The van der Waals surface area contributed by atoms with E-state index in [2.05, 4.69) is 20.6 Å². The standard InChI is InChI=1S/C20H24N6O2/c27-20(21-15-18-23-24-19(28-18)16-7-2-1-3-8-16)26-13-5-4-9-17(26)10-14-25-12-6-11-22-25/h1-3,6-8,11-12,17H,4-5,9-10,13-15H2,(H,21,27)/t17-/m0/s1. The zero-order valence-corrected chi connectivity index (χ0v) is 15.7. The van der Waals surface area contributed by atoms with Gasteiger partial charge in [0.2, 0.25) is 11.8 Å². The van der Waals surface area contributed by atoms with Crippen LogP contribution in [0.2, 0.25) is 0 Å². The van der Waals surface area contributed by atoms with Crippen LogP contribution in [0.15, 0.2) is 53.2 Å². The van der Waals surface area contributed by atoms with Gasteiger partial charge in [0, 0.05) is 37.1 Å². The molecule has 1 saturated heterocycles. The lowest BCUT2D eigenvalue weighted by Crippen LogP contribution is -2.48. The summed E-state index contributed by atoms with van der Waals surface area (Å²) in [5.74, 6) is 0.859. The van der Waals surface area contributed by atoms with Crippen LogP contribution >= 0.6 is 0 Å². The Bertz CT molecular complexity index is 877. The van der Waals surface area contributed by atoms with E-state index in [0.29, 0.717) is 11.8 Å². The number of carbonyl (C=O) groups excluding carboxylic acids is 1. The van der Waals surface area contributed by atoms with Crippen molar-refractivity contribution < 1.29 is 9.21 Å². The molecule has 0 radical (unpaired) electrons. The molecule has 1 aliphatic heterocycles. The summed E-state index contributed by atoms with van der Waals surface area (Å²) in [5.41, 5.74) is 0.863. The number of hydrogen-bond donors (Lipinski definition) is 1. The minimum atomic E-state index is -0.0790. The van der Waals surface area contributed by atoms with Gasteiger partial charge in [-0.05, 0) is 43.9 Å². The molecule has 8 nitrogen and oxygen atoms in total. The molecule has 1 fully saturated rings. The van der Waals surface area contributed by atoms with Gasteiger partial charge in [0.15, 0.2) is 0 Å². The van der Waals surface area contributed by atoms with Crippen LogP contribution in [-0.2, 0) is 13.1 Å². The number of amides is 2. The zero-order chi connectivity index (χ0) is 19.2. The molecule has 1 atom stereocenters. The number of likely N-dealkylation sites (tertiary alicyclic amines) is 1. The SMILES string of the molecule is O=C(NCc1nnc(-c2ccccc2)o1)N1CCCC[C@H]1CCn1cccn1. The van der Waals surface area contributed by atoms with Gasteiger partial charge in [-0.3, -0.25) is 4.68 Å². The van der Waals surface area contributed by atoms with Crippen molar-refractivity contribution in [1.82, 2.24) is 30.2 Å². The summed E-state index contributed by atoms with van der Waals surface area (Å²) in [6, 6.07) is 11.6. The van der Waals surface area contributed by atoms with Gasteiger partial charge in [0.05, 0.1) is 6.54 Å². The lowest BCUT2D eigenvalue weighted by atomic mass is 10.00. The Morgan fingerprint density at radius 1 is 1.18 bits per heavy atom. The molecule has 8 heteroatoms. The van der Waals surface area contributed by atoms with Crippen molar-refractivity contribution in [2.45, 2.75) is 44.8 Å². The zero-order valence-electron chi connectivity index (χ0n) is 15.7. The van der Waals surface area contributed by atoms with Gasteiger partial charge < -0.3 is 14.6 Å². The first kappa shape index (κ1) is 18.2. The summed E-state index contributed by atoms with van der Waals surface area (Å²) in [6.45, 7) is 1.81. The highest BCUT2D eigenvalue weighted by Crippen LogP contribution is 2.21. The molecule has 1 aromatic carbocycles. The molecule has 2 aromatic heterocycles. The van der Waals surface area contributed by atoms with Crippen molar-refractivity contribution in [2.75, 3.05) is 6.54 Å². The Morgan fingerprint density at radius 3 is 2.89 bits per heavy atom. The number of nitrogens with zero attached hydrogens (tertiary/aromatic N) is 5. The van der Waals surface area contributed by atoms with Crippen LogP contribution < -0.4 is 5.32 Å². The van der Waals surface area contributed by atoms with Crippen LogP contribution in [0.4, 0.5) is 4.79 Å². The molecule has 1 aliphatic rings. The van der Waals surface area contributed by atoms with Crippen LogP contribution in [0.3, 0.4) is 0 Å². The maximum atomic E-state index is 12.7. The quantitative estimate of drug-likeness (QED) is 0.710. The van der Waals surface area contributed by atoms with Gasteiger partial charge in [-0.15, -0.1) is 10.2 Å². The number of urea groups is 1. The summed E-state index contributed by atoms with van der Waals surface area (Å²) >= 11 is 0. The number of piperidine rings is 1. The largest absolute Gasteiger partial charge is 0.419 e. The van der Waals surface area contributed by atoms with E-state index in [-0.39, 0.29) is 18.6 Å². The van der Waals surface area contributed by atoms with E-state index >= 15 is 0 Å². The number of aromatic nitrogens is 4. The highest BCUT2D eigenvalue weighted by atomic mass is 16.4. The molecule has 2 amide bonds. The lowest BCUT2D eigenvalue weighted by Gasteiger charge is -2.35. The normalized spacial score (nSPS) is 16.9. The summed E-state index contributed by atoms with van der Waals surface area (Å²) in [4.78, 5) is 14.7. The Hall–Kier alpha value is -3.16. The maximum Gasteiger partial charge on any atom is 0.318 e. The van der Waals surface area contributed by atoms with Crippen LogP contribution in [0, 0.1) is 0 Å². The Morgan fingerprint density at radius 2 is 2.07 bits per heavy atom.